The van der Waals surface area contributed by atoms with Crippen molar-refractivity contribution in [2.24, 2.45) is 0 Å². The van der Waals surface area contributed by atoms with Crippen molar-refractivity contribution in [1.82, 2.24) is 15.0 Å². The van der Waals surface area contributed by atoms with Crippen LogP contribution in [-0.4, -0.2) is 20.7 Å². The fourth-order valence-corrected chi connectivity index (χ4v) is 4.27. The molecular weight excluding hydrogens is 439 g/mol. The lowest BCUT2D eigenvalue weighted by Crippen LogP contribution is -2.09. The van der Waals surface area contributed by atoms with Gasteiger partial charge in [-0.3, -0.25) is 4.79 Å². The van der Waals surface area contributed by atoms with Crippen LogP contribution >= 0.6 is 0 Å². The number of H-pyrrole nitrogens is 1. The molecule has 0 fully saturated rings. The Morgan fingerprint density at radius 1 is 0.941 bits per heavy atom. The first-order valence-electron chi connectivity index (χ1n) is 10.8. The number of ketones is 1. The van der Waals surface area contributed by atoms with Crippen LogP contribution in [0.4, 0.5) is 13.2 Å². The minimum Gasteiger partial charge on any atom is -0.339 e. The van der Waals surface area contributed by atoms with Crippen molar-refractivity contribution in [2.75, 3.05) is 0 Å². The van der Waals surface area contributed by atoms with Gasteiger partial charge in [0.25, 0.3) is 0 Å². The molecule has 0 spiro atoms. The molecule has 34 heavy (non-hydrogen) atoms. The van der Waals surface area contributed by atoms with Gasteiger partial charge in [0.1, 0.15) is 17.8 Å². The van der Waals surface area contributed by atoms with Gasteiger partial charge in [-0.1, -0.05) is 48.5 Å². The van der Waals surface area contributed by atoms with E-state index in [0.717, 1.165) is 56.3 Å². The van der Waals surface area contributed by atoms with Crippen molar-refractivity contribution in [1.29, 1.82) is 0 Å². The topological polar surface area (TPSA) is 58.6 Å². The summed E-state index contributed by atoms with van der Waals surface area (Å²) in [6.07, 6.45) is -1.04. The third-order valence-corrected chi connectivity index (χ3v) is 5.94. The van der Waals surface area contributed by atoms with Crippen LogP contribution in [0.1, 0.15) is 22.3 Å². The molecule has 0 saturated carbocycles. The zero-order valence-electron chi connectivity index (χ0n) is 18.3. The van der Waals surface area contributed by atoms with Gasteiger partial charge in [-0.2, -0.15) is 13.2 Å². The summed E-state index contributed by atoms with van der Waals surface area (Å²) in [7, 11) is 0. The highest BCUT2D eigenvalue weighted by Gasteiger charge is 2.30. The van der Waals surface area contributed by atoms with E-state index >= 15 is 0 Å². The number of fused-ring (bicyclic) bond motifs is 3. The van der Waals surface area contributed by atoms with Crippen LogP contribution in [0.5, 0.6) is 0 Å². The van der Waals surface area contributed by atoms with Crippen LogP contribution in [0.3, 0.4) is 0 Å². The average Bonchev–Trinajstić information content (AvgIpc) is 3.18. The monoisotopic (exact) mass is 459 g/mol. The van der Waals surface area contributed by atoms with E-state index in [1.54, 1.807) is 12.3 Å². The van der Waals surface area contributed by atoms with Gasteiger partial charge in [0.05, 0.1) is 5.56 Å². The van der Waals surface area contributed by atoms with Crippen LogP contribution in [0.2, 0.25) is 0 Å². The number of carbonyl (C=O) groups excluding carboxylic acids is 1. The van der Waals surface area contributed by atoms with E-state index in [2.05, 4.69) is 15.0 Å². The number of nitrogens with one attached hydrogen (secondary N) is 1. The number of hydrogen-bond donors (Lipinski definition) is 1. The van der Waals surface area contributed by atoms with E-state index < -0.39 is 11.7 Å². The smallest absolute Gasteiger partial charge is 0.339 e. The average molecular weight is 459 g/mol. The summed E-state index contributed by atoms with van der Waals surface area (Å²) >= 11 is 0. The first-order valence-corrected chi connectivity index (χ1v) is 10.8. The molecule has 0 aliphatic carbocycles. The molecule has 5 rings (SSSR count). The highest BCUT2D eigenvalue weighted by Crippen LogP contribution is 2.32. The van der Waals surface area contributed by atoms with E-state index in [1.807, 2.05) is 43.3 Å². The summed E-state index contributed by atoms with van der Waals surface area (Å²) < 4.78 is 38.9. The lowest BCUT2D eigenvalue weighted by Gasteiger charge is -2.11. The molecule has 0 bridgehead atoms. The summed E-state index contributed by atoms with van der Waals surface area (Å²) in [4.78, 5) is 24.3. The number of aromatic amines is 1. The second kappa shape index (κ2) is 8.41. The van der Waals surface area contributed by atoms with Gasteiger partial charge in [0, 0.05) is 35.3 Å². The quantitative estimate of drug-likeness (QED) is 0.328. The van der Waals surface area contributed by atoms with Crippen molar-refractivity contribution >= 4 is 27.7 Å². The predicted octanol–water partition coefficient (Wildman–Crippen LogP) is 6.46. The van der Waals surface area contributed by atoms with E-state index in [1.165, 1.54) is 12.4 Å². The maximum absolute atomic E-state index is 13.0. The van der Waals surface area contributed by atoms with Crippen molar-refractivity contribution < 1.29 is 18.0 Å². The Bertz CT molecular complexity index is 1540. The third-order valence-electron chi connectivity index (χ3n) is 5.94. The molecule has 2 aromatic heterocycles. The molecule has 0 radical (unpaired) electrons. The second-order valence-electron chi connectivity index (χ2n) is 8.41. The van der Waals surface area contributed by atoms with Crippen LogP contribution < -0.4 is 0 Å². The third kappa shape index (κ3) is 4.29. The van der Waals surface area contributed by atoms with Crippen molar-refractivity contribution in [3.8, 4) is 11.1 Å². The van der Waals surface area contributed by atoms with Gasteiger partial charge < -0.3 is 4.98 Å². The molecule has 3 aromatic carbocycles. The molecule has 170 valence electrons. The maximum Gasteiger partial charge on any atom is 0.416 e. The predicted molar refractivity (Wildman–Crippen MR) is 125 cm³/mol. The van der Waals surface area contributed by atoms with E-state index in [9.17, 15) is 18.0 Å². The Morgan fingerprint density at radius 3 is 2.53 bits per heavy atom. The number of carbonyl (C=O) groups is 1. The largest absolute Gasteiger partial charge is 0.416 e. The molecule has 1 N–H and O–H groups in total. The van der Waals surface area contributed by atoms with Gasteiger partial charge in [0.2, 0.25) is 0 Å². The summed E-state index contributed by atoms with van der Waals surface area (Å²) in [6, 6.07) is 16.9. The van der Waals surface area contributed by atoms with Crippen molar-refractivity contribution in [2.45, 2.75) is 25.9 Å². The molecule has 4 nitrogen and oxygen atoms in total. The number of hydrogen-bond acceptors (Lipinski definition) is 3. The lowest BCUT2D eigenvalue weighted by atomic mass is 9.94. The molecule has 7 heteroatoms. The van der Waals surface area contributed by atoms with Crippen molar-refractivity contribution in [3.05, 3.63) is 95.4 Å². The van der Waals surface area contributed by atoms with Gasteiger partial charge in [-0.15, -0.1) is 0 Å². The number of nitrogens with zero attached hydrogens (tertiary/aromatic N) is 2. The Balaban J connectivity index is 1.40. The number of aromatic nitrogens is 3. The Morgan fingerprint density at radius 2 is 1.74 bits per heavy atom. The minimum absolute atomic E-state index is 0.0464. The molecule has 0 unspecified atom stereocenters. The zero-order chi connectivity index (χ0) is 23.9. The first-order chi connectivity index (χ1) is 16.3. The normalized spacial score (nSPS) is 11.9. The number of alkyl halides is 3. The van der Waals surface area contributed by atoms with Gasteiger partial charge in [-0.25, -0.2) is 9.97 Å². The number of benzene rings is 3. The minimum atomic E-state index is -4.43. The van der Waals surface area contributed by atoms with Crippen LogP contribution in [0.25, 0.3) is 33.1 Å². The maximum atomic E-state index is 13.0. The van der Waals surface area contributed by atoms with E-state index in [0.29, 0.717) is 5.56 Å². The molecule has 0 saturated heterocycles. The SMILES string of the molecule is Cc1ccc(CC(=O)Cc2cccc(C(F)(F)F)c2)cc1-c1ccc2c(c1)[nH]c1ncncc12. The number of rotatable bonds is 5. The first kappa shape index (κ1) is 21.8. The molecule has 0 aliphatic rings. The fraction of sp³-hybridized carbons (Fsp3) is 0.148. The van der Waals surface area contributed by atoms with Gasteiger partial charge in [0.15, 0.2) is 0 Å². The van der Waals surface area contributed by atoms with E-state index in [-0.39, 0.29) is 18.6 Å². The highest BCUT2D eigenvalue weighted by molar-refractivity contribution is 6.06. The van der Waals surface area contributed by atoms with Crippen LogP contribution in [0, 0.1) is 6.92 Å². The zero-order valence-corrected chi connectivity index (χ0v) is 18.3. The summed E-state index contributed by atoms with van der Waals surface area (Å²) in [6.45, 7) is 2.00. The number of Topliss-reactive ketones (excluding diaryl/α,β-unsaturated/α-hetero) is 1. The van der Waals surface area contributed by atoms with Gasteiger partial charge in [-0.05, 0) is 46.9 Å². The molecule has 0 atom stereocenters. The second-order valence-corrected chi connectivity index (χ2v) is 8.41. The number of aryl methyl sites for hydroxylation is 1. The molecule has 0 aliphatic heterocycles. The number of halogens is 3. The molecule has 2 heterocycles. The summed E-state index contributed by atoms with van der Waals surface area (Å²) in [5, 5.41) is 1.99. The van der Waals surface area contributed by atoms with Crippen molar-refractivity contribution in [3.63, 3.8) is 0 Å². The fourth-order valence-electron chi connectivity index (χ4n) is 4.27. The standard InChI is InChI=1S/C27H20F3N3O/c1-16-5-6-18(11-21(34)10-17-3-2-4-20(9-17)27(28,29)30)12-23(16)19-7-8-22-24-14-31-15-32-26(24)33-25(22)13-19/h2-9,12-15H,10-11H2,1H3,(H,31,32,33). The Labute approximate surface area is 193 Å². The highest BCUT2D eigenvalue weighted by atomic mass is 19.4. The van der Waals surface area contributed by atoms with Gasteiger partial charge >= 0.3 is 6.18 Å². The van der Waals surface area contributed by atoms with E-state index in [4.69, 9.17) is 0 Å². The molecule has 0 amide bonds. The molecular formula is C27H20F3N3O. The van der Waals surface area contributed by atoms with Crippen LogP contribution in [-0.2, 0) is 23.8 Å². The summed E-state index contributed by atoms with van der Waals surface area (Å²) in [5.41, 5.74) is 5.21. The van der Waals surface area contributed by atoms with Crippen LogP contribution in [0.15, 0.2) is 73.2 Å². The Kier molecular flexibility index (Phi) is 5.40. The molecule has 5 aromatic rings. The Hall–Kier alpha value is -4.00. The lowest BCUT2D eigenvalue weighted by molar-refractivity contribution is -0.137. The summed E-state index contributed by atoms with van der Waals surface area (Å²) in [5.74, 6) is -0.140.